The maximum absolute atomic E-state index is 2.48. The largest absolute Gasteiger partial charge is 0.310 e. The van der Waals surface area contributed by atoms with Gasteiger partial charge in [0.25, 0.3) is 0 Å². The molecule has 0 aromatic heterocycles. The maximum Gasteiger partial charge on any atom is 0.0540 e. The normalized spacial score (nSPS) is 12.1. The van der Waals surface area contributed by atoms with E-state index in [1.54, 1.807) is 0 Å². The molecule has 0 saturated carbocycles. The van der Waals surface area contributed by atoms with Gasteiger partial charge in [0.15, 0.2) is 0 Å². The summed E-state index contributed by atoms with van der Waals surface area (Å²) in [6.07, 6.45) is 0. The van der Waals surface area contributed by atoms with Crippen molar-refractivity contribution in [2.75, 3.05) is 4.90 Å². The Morgan fingerprint density at radius 2 is 0.712 bits per heavy atom. The Hall–Kier alpha value is -7.74. The van der Waals surface area contributed by atoms with Crippen LogP contribution in [0, 0.1) is 0 Å². The summed E-state index contributed by atoms with van der Waals surface area (Å²) in [5.41, 5.74) is 5.83. The molecule has 13 aromatic rings. The first kappa shape index (κ1) is 32.4. The number of nitrogens with zero attached hydrogens (tertiary/aromatic N) is 1. The van der Waals surface area contributed by atoms with Crippen LogP contribution in [0.2, 0.25) is 0 Å². The van der Waals surface area contributed by atoms with Crippen molar-refractivity contribution >= 4 is 114 Å². The molecule has 1 nitrogen and oxygen atoms in total. The molecular weight excluding hydrogens is 711 g/mol. The van der Waals surface area contributed by atoms with Crippen molar-refractivity contribution in [1.82, 2.24) is 0 Å². The van der Waals surface area contributed by atoms with Crippen molar-refractivity contribution in [3.05, 3.63) is 212 Å². The Kier molecular flexibility index (Phi) is 6.79. The molecule has 0 aliphatic carbocycles. The summed E-state index contributed by atoms with van der Waals surface area (Å²) < 4.78 is 0. The van der Waals surface area contributed by atoms with Gasteiger partial charge < -0.3 is 4.90 Å². The van der Waals surface area contributed by atoms with Gasteiger partial charge in [-0.25, -0.2) is 0 Å². The van der Waals surface area contributed by atoms with Gasteiger partial charge >= 0.3 is 0 Å². The molecule has 0 fully saturated rings. The van der Waals surface area contributed by atoms with Crippen molar-refractivity contribution in [2.24, 2.45) is 0 Å². The molecule has 59 heavy (non-hydrogen) atoms. The molecule has 0 radical (unpaired) electrons. The van der Waals surface area contributed by atoms with E-state index in [0.717, 1.165) is 17.1 Å². The number of anilines is 3. The molecular formula is C58H35N. The van der Waals surface area contributed by atoms with Crippen LogP contribution in [0.5, 0.6) is 0 Å². The smallest absolute Gasteiger partial charge is 0.0540 e. The molecule has 13 rings (SSSR count). The molecule has 1 heteroatoms. The molecule has 0 saturated heterocycles. The van der Waals surface area contributed by atoms with Crippen LogP contribution in [0.1, 0.15) is 0 Å². The Morgan fingerprint density at radius 3 is 1.39 bits per heavy atom. The van der Waals surface area contributed by atoms with E-state index in [1.807, 2.05) is 0 Å². The van der Waals surface area contributed by atoms with Crippen LogP contribution in [0.25, 0.3) is 108 Å². The van der Waals surface area contributed by atoms with Crippen molar-refractivity contribution in [1.29, 1.82) is 0 Å². The molecule has 0 bridgehead atoms. The van der Waals surface area contributed by atoms with Crippen LogP contribution in [0.4, 0.5) is 17.1 Å². The zero-order valence-electron chi connectivity index (χ0n) is 32.2. The van der Waals surface area contributed by atoms with Gasteiger partial charge in [0.2, 0.25) is 0 Å². The number of hydrogen-bond donors (Lipinski definition) is 0. The third kappa shape index (κ3) is 4.73. The fourth-order valence-corrected chi connectivity index (χ4v) is 10.3. The fraction of sp³-hybridized carbons (Fsp3) is 0. The molecule has 0 atom stereocenters. The molecule has 0 heterocycles. The number of fused-ring (bicyclic) bond motifs is 6. The highest BCUT2D eigenvalue weighted by Gasteiger charge is 2.21. The minimum Gasteiger partial charge on any atom is -0.310 e. The average Bonchev–Trinajstić information content (AvgIpc) is 3.30. The van der Waals surface area contributed by atoms with E-state index >= 15 is 0 Å². The third-order valence-electron chi connectivity index (χ3n) is 12.9. The van der Waals surface area contributed by atoms with Gasteiger partial charge in [-0.05, 0) is 139 Å². The SMILES string of the molecule is c1ccc2c(N(c3ccc(-c4cc5ccccc5c5ccccc45)cc3)c3cc4ccc5cccc6c7cccc8ccc9cccc(c(c3)c4c56)c9c87)cccc2c1. The van der Waals surface area contributed by atoms with E-state index in [1.165, 1.54) is 108 Å². The monoisotopic (exact) mass is 745 g/mol. The van der Waals surface area contributed by atoms with Crippen LogP contribution in [-0.4, -0.2) is 0 Å². The molecule has 272 valence electrons. The van der Waals surface area contributed by atoms with Crippen LogP contribution < -0.4 is 4.90 Å². The van der Waals surface area contributed by atoms with Crippen molar-refractivity contribution in [2.45, 2.75) is 0 Å². The number of hydrogen-bond acceptors (Lipinski definition) is 1. The van der Waals surface area contributed by atoms with Gasteiger partial charge in [-0.2, -0.15) is 0 Å². The van der Waals surface area contributed by atoms with Gasteiger partial charge in [0.1, 0.15) is 0 Å². The van der Waals surface area contributed by atoms with E-state index in [4.69, 9.17) is 0 Å². The van der Waals surface area contributed by atoms with E-state index in [0.29, 0.717) is 0 Å². The summed E-state index contributed by atoms with van der Waals surface area (Å²) in [5, 5.41) is 22.9. The first-order chi connectivity index (χ1) is 29.3. The van der Waals surface area contributed by atoms with Gasteiger partial charge in [0.05, 0.1) is 5.69 Å². The van der Waals surface area contributed by atoms with Gasteiger partial charge in [0, 0.05) is 16.8 Å². The average molecular weight is 746 g/mol. The molecule has 0 aliphatic heterocycles. The van der Waals surface area contributed by atoms with Gasteiger partial charge in [-0.15, -0.1) is 0 Å². The first-order valence-electron chi connectivity index (χ1n) is 20.5. The summed E-state index contributed by atoms with van der Waals surface area (Å²) >= 11 is 0. The zero-order valence-corrected chi connectivity index (χ0v) is 32.2. The van der Waals surface area contributed by atoms with E-state index in [-0.39, 0.29) is 0 Å². The minimum atomic E-state index is 1.11. The van der Waals surface area contributed by atoms with Gasteiger partial charge in [-0.1, -0.05) is 176 Å². The second kappa shape index (κ2) is 12.4. The van der Waals surface area contributed by atoms with E-state index < -0.39 is 0 Å². The van der Waals surface area contributed by atoms with Crippen LogP contribution in [0.3, 0.4) is 0 Å². The topological polar surface area (TPSA) is 3.24 Å². The highest BCUT2D eigenvalue weighted by molar-refractivity contribution is 6.37. The predicted molar refractivity (Wildman–Crippen MR) is 255 cm³/mol. The maximum atomic E-state index is 2.48. The Bertz CT molecular complexity index is 3830. The van der Waals surface area contributed by atoms with Crippen LogP contribution in [-0.2, 0) is 0 Å². The lowest BCUT2D eigenvalue weighted by Gasteiger charge is -2.28. The van der Waals surface area contributed by atoms with Crippen molar-refractivity contribution in [3.8, 4) is 11.1 Å². The summed E-state index contributed by atoms with van der Waals surface area (Å²) in [5.74, 6) is 0. The molecule has 0 N–H and O–H groups in total. The fourth-order valence-electron chi connectivity index (χ4n) is 10.3. The highest BCUT2D eigenvalue weighted by Crippen LogP contribution is 2.47. The van der Waals surface area contributed by atoms with E-state index in [2.05, 4.69) is 217 Å². The quantitative estimate of drug-likeness (QED) is 0.162. The number of benzene rings is 12. The summed E-state index contributed by atoms with van der Waals surface area (Å²) in [6.45, 7) is 0. The second-order valence-corrected chi connectivity index (χ2v) is 16.0. The summed E-state index contributed by atoms with van der Waals surface area (Å²) in [4.78, 5) is 2.48. The molecule has 13 aromatic carbocycles. The van der Waals surface area contributed by atoms with Crippen LogP contribution in [0.15, 0.2) is 212 Å². The Balaban J connectivity index is 1.12. The van der Waals surface area contributed by atoms with Gasteiger partial charge in [-0.3, -0.25) is 0 Å². The van der Waals surface area contributed by atoms with Crippen molar-refractivity contribution in [3.63, 3.8) is 0 Å². The predicted octanol–water partition coefficient (Wildman–Crippen LogP) is 16.6. The summed E-state index contributed by atoms with van der Waals surface area (Å²) in [6, 6.07) is 79.1. The number of rotatable bonds is 4. The van der Waals surface area contributed by atoms with E-state index in [9.17, 15) is 0 Å². The summed E-state index contributed by atoms with van der Waals surface area (Å²) in [7, 11) is 0. The Morgan fingerprint density at radius 1 is 0.237 bits per heavy atom. The molecule has 0 amide bonds. The lowest BCUT2D eigenvalue weighted by atomic mass is 9.87. The lowest BCUT2D eigenvalue weighted by Crippen LogP contribution is -2.10. The van der Waals surface area contributed by atoms with Crippen molar-refractivity contribution < 1.29 is 0 Å². The third-order valence-corrected chi connectivity index (χ3v) is 12.9. The highest BCUT2D eigenvalue weighted by atomic mass is 15.1. The van der Waals surface area contributed by atoms with Crippen LogP contribution >= 0.6 is 0 Å². The zero-order chi connectivity index (χ0) is 38.6. The Labute approximate surface area is 340 Å². The standard InChI is InChI=1S/C58H35N/c1-4-18-46-36(11-1)13-10-24-54(46)59(43-31-29-37(30-32-43)52-34-41-12-2-3-17-45(41)47-19-5-6-20-48(47)52)44-33-42-28-27-40-15-8-22-50-49-21-7-14-38-25-26-39-16-9-23-51(57(39)55(38)49)53(35-44)58(42)56(40)50/h1-35H. The second-order valence-electron chi connectivity index (χ2n) is 16.0. The first-order valence-corrected chi connectivity index (χ1v) is 20.5. The minimum absolute atomic E-state index is 1.11. The molecule has 0 aliphatic rings. The lowest BCUT2D eigenvalue weighted by molar-refractivity contribution is 1.31. The molecule has 0 unspecified atom stereocenters. The molecule has 0 spiro atoms.